The molecule has 5 nitrogen and oxygen atoms in total. The van der Waals surface area contributed by atoms with Crippen molar-refractivity contribution in [3.05, 3.63) is 97.0 Å². The molecular formula is C29H18N4OS. The number of benzene rings is 3. The molecule has 0 amide bonds. The fraction of sp³-hybridized carbons (Fsp3) is 0.0345. The molecule has 0 bridgehead atoms. The van der Waals surface area contributed by atoms with Crippen molar-refractivity contribution in [3.8, 4) is 16.1 Å². The number of thiophene rings is 1. The lowest BCUT2D eigenvalue weighted by Gasteiger charge is -2.08. The van der Waals surface area contributed by atoms with Gasteiger partial charge in [0.2, 0.25) is 0 Å². The Hall–Kier alpha value is -4.42. The molecule has 0 radical (unpaired) electrons. The summed E-state index contributed by atoms with van der Waals surface area (Å²) in [5, 5.41) is 8.87. The predicted octanol–water partition coefficient (Wildman–Crippen LogP) is 7.76. The minimum absolute atomic E-state index is 0.863. The summed E-state index contributed by atoms with van der Waals surface area (Å²) in [6.07, 6.45) is 3.59. The van der Waals surface area contributed by atoms with Gasteiger partial charge in [-0.25, -0.2) is 4.98 Å². The normalized spacial score (nSPS) is 12.1. The Kier molecular flexibility index (Phi) is 3.68. The van der Waals surface area contributed by atoms with Crippen LogP contribution in [0.3, 0.4) is 0 Å². The number of aromatic nitrogens is 4. The highest BCUT2D eigenvalue weighted by Crippen LogP contribution is 2.39. The van der Waals surface area contributed by atoms with Crippen molar-refractivity contribution in [1.82, 2.24) is 19.1 Å². The number of hydrogen-bond acceptors (Lipinski definition) is 4. The van der Waals surface area contributed by atoms with Crippen molar-refractivity contribution < 1.29 is 4.52 Å². The van der Waals surface area contributed by atoms with E-state index in [0.29, 0.717) is 0 Å². The number of rotatable bonds is 2. The van der Waals surface area contributed by atoms with Crippen molar-refractivity contribution in [2.45, 2.75) is 6.92 Å². The van der Waals surface area contributed by atoms with Gasteiger partial charge >= 0.3 is 0 Å². The van der Waals surface area contributed by atoms with Gasteiger partial charge in [-0.05, 0) is 42.8 Å². The SMILES string of the molecule is Cc1cnc2c3conc3c3cc(-c4ccc(-n5c6ccccc6c6ccccc65)cc4)sc3n12. The van der Waals surface area contributed by atoms with Gasteiger partial charge in [-0.1, -0.05) is 53.7 Å². The summed E-state index contributed by atoms with van der Waals surface area (Å²) in [5.74, 6) is 0. The number of pyridine rings is 1. The molecule has 0 aliphatic heterocycles. The Morgan fingerprint density at radius 1 is 0.800 bits per heavy atom. The van der Waals surface area contributed by atoms with Crippen LogP contribution in [0.5, 0.6) is 0 Å². The first kappa shape index (κ1) is 18.9. The molecule has 166 valence electrons. The van der Waals surface area contributed by atoms with E-state index in [1.54, 1.807) is 17.6 Å². The van der Waals surface area contributed by atoms with Gasteiger partial charge in [0.15, 0.2) is 5.65 Å². The number of imidazole rings is 1. The van der Waals surface area contributed by atoms with Gasteiger partial charge in [-0.2, -0.15) is 0 Å². The van der Waals surface area contributed by atoms with Gasteiger partial charge in [0.05, 0.1) is 16.4 Å². The summed E-state index contributed by atoms with van der Waals surface area (Å²) in [6.45, 7) is 2.08. The average molecular weight is 471 g/mol. The van der Waals surface area contributed by atoms with Gasteiger partial charge < -0.3 is 9.09 Å². The van der Waals surface area contributed by atoms with Crippen molar-refractivity contribution in [2.24, 2.45) is 0 Å². The van der Waals surface area contributed by atoms with Crippen LogP contribution in [0.1, 0.15) is 5.69 Å². The lowest BCUT2D eigenvalue weighted by molar-refractivity contribution is 0.429. The molecule has 0 saturated heterocycles. The third-order valence-electron chi connectivity index (χ3n) is 6.91. The van der Waals surface area contributed by atoms with E-state index >= 15 is 0 Å². The molecule has 3 aromatic carbocycles. The van der Waals surface area contributed by atoms with Crippen molar-refractivity contribution in [3.63, 3.8) is 0 Å². The van der Waals surface area contributed by atoms with Crippen LogP contribution < -0.4 is 0 Å². The predicted molar refractivity (Wildman–Crippen MR) is 143 cm³/mol. The zero-order chi connectivity index (χ0) is 23.1. The van der Waals surface area contributed by atoms with Gasteiger partial charge in [0, 0.05) is 38.6 Å². The number of aryl methyl sites for hydroxylation is 1. The summed E-state index contributed by atoms with van der Waals surface area (Å²) in [4.78, 5) is 6.94. The third-order valence-corrected chi connectivity index (χ3v) is 8.08. The first-order valence-corrected chi connectivity index (χ1v) is 12.3. The lowest BCUT2D eigenvalue weighted by Crippen LogP contribution is -1.93. The first-order chi connectivity index (χ1) is 17.3. The highest BCUT2D eigenvalue weighted by Gasteiger charge is 2.18. The highest BCUT2D eigenvalue weighted by molar-refractivity contribution is 7.22. The van der Waals surface area contributed by atoms with Crippen LogP contribution in [0.2, 0.25) is 0 Å². The largest absolute Gasteiger partial charge is 0.363 e. The number of nitrogens with zero attached hydrogens (tertiary/aromatic N) is 4. The molecule has 0 atom stereocenters. The molecular weight excluding hydrogens is 452 g/mol. The summed E-state index contributed by atoms with van der Waals surface area (Å²) in [5.41, 5.74) is 7.62. The van der Waals surface area contributed by atoms with E-state index in [4.69, 9.17) is 4.52 Å². The number of hydrogen-bond donors (Lipinski definition) is 0. The first-order valence-electron chi connectivity index (χ1n) is 11.5. The van der Waals surface area contributed by atoms with Crippen LogP contribution in [0.15, 0.2) is 95.8 Å². The van der Waals surface area contributed by atoms with E-state index in [-0.39, 0.29) is 0 Å². The second-order valence-electron chi connectivity index (χ2n) is 8.88. The number of fused-ring (bicyclic) bond motifs is 9. The maximum absolute atomic E-state index is 5.33. The molecule has 0 unspecified atom stereocenters. The van der Waals surface area contributed by atoms with Gasteiger partial charge in [0.25, 0.3) is 0 Å². The van der Waals surface area contributed by atoms with Crippen molar-refractivity contribution >= 4 is 59.9 Å². The molecule has 8 aromatic rings. The second-order valence-corrected chi connectivity index (χ2v) is 9.91. The fourth-order valence-electron chi connectivity index (χ4n) is 5.31. The maximum Gasteiger partial charge on any atom is 0.150 e. The maximum atomic E-state index is 5.33. The van der Waals surface area contributed by atoms with Gasteiger partial charge in [0.1, 0.15) is 16.6 Å². The van der Waals surface area contributed by atoms with E-state index in [1.165, 1.54) is 32.2 Å². The van der Waals surface area contributed by atoms with Crippen LogP contribution in [0.25, 0.3) is 64.7 Å². The zero-order valence-electron chi connectivity index (χ0n) is 18.8. The Morgan fingerprint density at radius 2 is 1.51 bits per heavy atom. The summed E-state index contributed by atoms with van der Waals surface area (Å²) in [6, 6.07) is 28.3. The molecule has 5 heterocycles. The minimum Gasteiger partial charge on any atom is -0.363 e. The zero-order valence-corrected chi connectivity index (χ0v) is 19.6. The molecule has 5 aromatic heterocycles. The molecule has 6 heteroatoms. The summed E-state index contributed by atoms with van der Waals surface area (Å²) >= 11 is 1.76. The lowest BCUT2D eigenvalue weighted by atomic mass is 10.1. The van der Waals surface area contributed by atoms with Gasteiger partial charge in [-0.3, -0.25) is 4.40 Å². The van der Waals surface area contributed by atoms with E-state index < -0.39 is 0 Å². The Bertz CT molecular complexity index is 2020. The summed E-state index contributed by atoms with van der Waals surface area (Å²) < 4.78 is 9.88. The van der Waals surface area contributed by atoms with Crippen LogP contribution in [0, 0.1) is 6.92 Å². The molecule has 0 fully saturated rings. The van der Waals surface area contributed by atoms with Crippen molar-refractivity contribution in [1.29, 1.82) is 0 Å². The molecule has 35 heavy (non-hydrogen) atoms. The van der Waals surface area contributed by atoms with Crippen LogP contribution >= 0.6 is 11.3 Å². The molecule has 0 aliphatic carbocycles. The average Bonchev–Trinajstić information content (AvgIpc) is 3.67. The molecule has 8 rings (SSSR count). The van der Waals surface area contributed by atoms with Crippen molar-refractivity contribution in [2.75, 3.05) is 0 Å². The monoisotopic (exact) mass is 470 g/mol. The topological polar surface area (TPSA) is 48.3 Å². The van der Waals surface area contributed by atoms with Gasteiger partial charge in [-0.15, -0.1) is 11.3 Å². The van der Waals surface area contributed by atoms with Crippen LogP contribution in [0.4, 0.5) is 0 Å². The van der Waals surface area contributed by atoms with E-state index in [1.807, 2.05) is 6.20 Å². The minimum atomic E-state index is 0.863. The molecule has 0 saturated carbocycles. The Balaban J connectivity index is 1.32. The second kappa shape index (κ2) is 6.81. The quantitative estimate of drug-likeness (QED) is 0.259. The third kappa shape index (κ3) is 2.52. The fourth-order valence-corrected chi connectivity index (χ4v) is 6.53. The molecule has 0 aliphatic rings. The smallest absolute Gasteiger partial charge is 0.150 e. The highest BCUT2D eigenvalue weighted by atomic mass is 32.1. The number of para-hydroxylation sites is 2. The Morgan fingerprint density at radius 3 is 2.26 bits per heavy atom. The van der Waals surface area contributed by atoms with Crippen LogP contribution in [-0.4, -0.2) is 19.1 Å². The summed E-state index contributed by atoms with van der Waals surface area (Å²) in [7, 11) is 0. The molecule has 0 N–H and O–H groups in total. The van der Waals surface area contributed by atoms with E-state index in [0.717, 1.165) is 38.1 Å². The van der Waals surface area contributed by atoms with E-state index in [2.05, 4.69) is 105 Å². The van der Waals surface area contributed by atoms with E-state index in [9.17, 15) is 0 Å². The van der Waals surface area contributed by atoms with Crippen LogP contribution in [-0.2, 0) is 0 Å². The molecule has 0 spiro atoms. The standard InChI is InChI=1S/C29H18N4OS/c1-17-15-30-28-23-16-34-31-27(23)22-14-26(35-29(22)32(17)28)18-10-12-19(13-11-18)33-24-8-4-2-6-20(24)21-7-3-5-9-25(21)33/h2-16H,1H3. The Labute approximate surface area is 203 Å².